The molecule has 0 atom stereocenters. The number of nitrogens with zero attached hydrogens (tertiary/aromatic N) is 3. The van der Waals surface area contributed by atoms with Gasteiger partial charge in [0.05, 0.1) is 12.2 Å². The minimum absolute atomic E-state index is 0.0923. The predicted octanol–water partition coefficient (Wildman–Crippen LogP) is 1.26. The van der Waals surface area contributed by atoms with Gasteiger partial charge in [0.15, 0.2) is 0 Å². The fraction of sp³-hybridized carbons (Fsp3) is 0.217. The number of nitrogens with one attached hydrogen (secondary N) is 1. The molecule has 0 saturated carbocycles. The van der Waals surface area contributed by atoms with Crippen LogP contribution in [0.5, 0.6) is 5.75 Å². The van der Waals surface area contributed by atoms with Crippen molar-refractivity contribution in [3.05, 3.63) is 64.4 Å². The number of carboxylic acids is 1. The van der Waals surface area contributed by atoms with Crippen molar-refractivity contribution < 1.29 is 24.6 Å². The van der Waals surface area contributed by atoms with Gasteiger partial charge in [-0.15, -0.1) is 0 Å². The zero-order valence-electron chi connectivity index (χ0n) is 17.8. The highest BCUT2D eigenvalue weighted by Crippen LogP contribution is 2.31. The van der Waals surface area contributed by atoms with Crippen LogP contribution in [-0.4, -0.2) is 52.3 Å². The zero-order valence-corrected chi connectivity index (χ0v) is 17.8. The molecule has 0 aliphatic carbocycles. The van der Waals surface area contributed by atoms with Gasteiger partial charge in [-0.25, -0.2) is 0 Å². The Bertz CT molecular complexity index is 1320. The van der Waals surface area contributed by atoms with Crippen molar-refractivity contribution in [1.29, 1.82) is 0 Å². The third-order valence-electron chi connectivity index (χ3n) is 5.62. The molecule has 1 aliphatic heterocycles. The van der Waals surface area contributed by atoms with Crippen LogP contribution in [0.25, 0.3) is 10.9 Å². The van der Waals surface area contributed by atoms with Gasteiger partial charge >= 0.3 is 5.97 Å². The first-order chi connectivity index (χ1) is 15.8. The van der Waals surface area contributed by atoms with E-state index in [1.165, 1.54) is 11.6 Å². The molecule has 170 valence electrons. The highest BCUT2D eigenvalue weighted by atomic mass is 16.4. The summed E-state index contributed by atoms with van der Waals surface area (Å²) in [4.78, 5) is 52.1. The first-order valence-corrected chi connectivity index (χ1v) is 10.2. The summed E-state index contributed by atoms with van der Waals surface area (Å²) in [6.45, 7) is 0.171. The number of hydrogen-bond donors (Lipinski definition) is 3. The van der Waals surface area contributed by atoms with E-state index in [0.717, 1.165) is 5.69 Å². The quantitative estimate of drug-likeness (QED) is 0.533. The van der Waals surface area contributed by atoms with Crippen LogP contribution in [0.4, 0.5) is 11.4 Å². The second kappa shape index (κ2) is 8.65. The average molecular weight is 450 g/mol. The standard InChI is InChI=1S/C23H22N4O6/c1-25-17-8-7-15(27-13-26(10-9-18(27)28)14-5-3-2-4-6-14)11-16(17)21(31)20(23(25)33)22(32)24-12-19(29)30/h2-8,11,31H,9-10,12-13H2,1H3,(H,24,32)(H,29,30). The fourth-order valence-corrected chi connectivity index (χ4v) is 3.90. The Kier molecular flexibility index (Phi) is 5.74. The Morgan fingerprint density at radius 3 is 2.48 bits per heavy atom. The molecule has 10 heteroatoms. The van der Waals surface area contributed by atoms with E-state index in [2.05, 4.69) is 10.2 Å². The molecular formula is C23H22N4O6. The molecule has 3 aromatic rings. The Balaban J connectivity index is 1.75. The molecule has 33 heavy (non-hydrogen) atoms. The minimum Gasteiger partial charge on any atom is -0.506 e. The molecule has 2 heterocycles. The lowest BCUT2D eigenvalue weighted by Crippen LogP contribution is -2.48. The highest BCUT2D eigenvalue weighted by Gasteiger charge is 2.27. The van der Waals surface area contributed by atoms with E-state index in [1.807, 2.05) is 30.3 Å². The van der Waals surface area contributed by atoms with Crippen molar-refractivity contribution in [3.63, 3.8) is 0 Å². The Labute approximate surface area is 188 Å². The van der Waals surface area contributed by atoms with Crippen LogP contribution < -0.4 is 20.7 Å². The van der Waals surface area contributed by atoms with Crippen LogP contribution in [0, 0.1) is 0 Å². The summed E-state index contributed by atoms with van der Waals surface area (Å²) in [7, 11) is 1.45. The van der Waals surface area contributed by atoms with Gasteiger partial charge in [-0.05, 0) is 30.3 Å². The number of para-hydroxylation sites is 1. The lowest BCUT2D eigenvalue weighted by Gasteiger charge is -2.37. The number of anilines is 2. The number of fused-ring (bicyclic) bond motifs is 1. The van der Waals surface area contributed by atoms with Crippen LogP contribution in [0.1, 0.15) is 16.8 Å². The Morgan fingerprint density at radius 2 is 1.79 bits per heavy atom. The third kappa shape index (κ3) is 4.10. The van der Waals surface area contributed by atoms with Crippen LogP contribution in [0.3, 0.4) is 0 Å². The van der Waals surface area contributed by atoms with E-state index >= 15 is 0 Å². The van der Waals surface area contributed by atoms with Gasteiger partial charge in [-0.3, -0.25) is 24.1 Å². The number of amides is 2. The van der Waals surface area contributed by atoms with Gasteiger partial charge in [0.1, 0.15) is 17.9 Å². The van der Waals surface area contributed by atoms with Crippen LogP contribution in [-0.2, 0) is 16.6 Å². The number of aliphatic carboxylic acids is 1. The summed E-state index contributed by atoms with van der Waals surface area (Å²) >= 11 is 0. The molecule has 1 aliphatic rings. The molecule has 2 amide bonds. The number of carbonyl (C=O) groups is 3. The average Bonchev–Trinajstić information content (AvgIpc) is 2.82. The lowest BCUT2D eigenvalue weighted by molar-refractivity contribution is -0.135. The lowest BCUT2D eigenvalue weighted by atomic mass is 10.1. The normalized spacial score (nSPS) is 13.9. The van der Waals surface area contributed by atoms with Crippen molar-refractivity contribution in [3.8, 4) is 5.75 Å². The Morgan fingerprint density at radius 1 is 1.06 bits per heavy atom. The largest absolute Gasteiger partial charge is 0.506 e. The zero-order chi connectivity index (χ0) is 23.7. The van der Waals surface area contributed by atoms with Crippen molar-refractivity contribution in [2.75, 3.05) is 29.6 Å². The summed E-state index contributed by atoms with van der Waals surface area (Å²) in [5.41, 5.74) is 0.511. The fourth-order valence-electron chi connectivity index (χ4n) is 3.90. The summed E-state index contributed by atoms with van der Waals surface area (Å²) in [6, 6.07) is 14.5. The van der Waals surface area contributed by atoms with E-state index in [0.29, 0.717) is 30.8 Å². The van der Waals surface area contributed by atoms with Crippen molar-refractivity contribution >= 4 is 40.1 Å². The maximum Gasteiger partial charge on any atom is 0.322 e. The molecular weight excluding hydrogens is 428 g/mol. The summed E-state index contributed by atoms with van der Waals surface area (Å²) in [6.07, 6.45) is 0.301. The first-order valence-electron chi connectivity index (χ1n) is 10.2. The van der Waals surface area contributed by atoms with Crippen molar-refractivity contribution in [2.45, 2.75) is 6.42 Å². The number of aromatic nitrogens is 1. The maximum atomic E-state index is 12.7. The summed E-state index contributed by atoms with van der Waals surface area (Å²) in [5, 5.41) is 21.8. The molecule has 1 saturated heterocycles. The van der Waals surface area contributed by atoms with E-state index in [-0.39, 0.29) is 11.3 Å². The Hall–Kier alpha value is -4.34. The monoisotopic (exact) mass is 450 g/mol. The SMILES string of the molecule is Cn1c(=O)c(C(=O)NCC(=O)O)c(O)c2cc(N3CN(c4ccccc4)CCC3=O)ccc21. The predicted molar refractivity (Wildman–Crippen MR) is 122 cm³/mol. The van der Waals surface area contributed by atoms with Gasteiger partial charge < -0.3 is 25.0 Å². The molecule has 0 radical (unpaired) electrons. The van der Waals surface area contributed by atoms with Crippen LogP contribution in [0.15, 0.2) is 53.3 Å². The number of hydrogen-bond acceptors (Lipinski definition) is 6. The van der Waals surface area contributed by atoms with E-state index in [1.54, 1.807) is 23.1 Å². The number of rotatable bonds is 5. The summed E-state index contributed by atoms with van der Waals surface area (Å²) < 4.78 is 1.20. The van der Waals surface area contributed by atoms with E-state index < -0.39 is 35.3 Å². The topological polar surface area (TPSA) is 132 Å². The van der Waals surface area contributed by atoms with E-state index in [4.69, 9.17) is 5.11 Å². The van der Waals surface area contributed by atoms with Gasteiger partial charge in [-0.1, -0.05) is 18.2 Å². The summed E-state index contributed by atoms with van der Waals surface area (Å²) in [5.74, 6) is -2.94. The number of carbonyl (C=O) groups excluding carboxylic acids is 2. The molecule has 2 aromatic carbocycles. The van der Waals surface area contributed by atoms with Gasteiger partial charge in [0, 0.05) is 36.8 Å². The maximum absolute atomic E-state index is 12.7. The molecule has 10 nitrogen and oxygen atoms in total. The smallest absolute Gasteiger partial charge is 0.322 e. The molecule has 0 spiro atoms. The van der Waals surface area contributed by atoms with Crippen molar-refractivity contribution in [2.24, 2.45) is 7.05 Å². The van der Waals surface area contributed by atoms with Crippen molar-refractivity contribution in [1.82, 2.24) is 9.88 Å². The number of carboxylic acid groups (broad SMARTS) is 1. The van der Waals surface area contributed by atoms with Gasteiger partial charge in [0.2, 0.25) is 5.91 Å². The number of pyridine rings is 1. The first kappa shape index (κ1) is 21.9. The van der Waals surface area contributed by atoms with Gasteiger partial charge in [-0.2, -0.15) is 0 Å². The van der Waals surface area contributed by atoms with Crippen LogP contribution in [0.2, 0.25) is 0 Å². The van der Waals surface area contributed by atoms with Crippen LogP contribution >= 0.6 is 0 Å². The number of aryl methyl sites for hydroxylation is 1. The molecule has 0 unspecified atom stereocenters. The second-order valence-corrected chi connectivity index (χ2v) is 7.68. The number of aromatic hydroxyl groups is 1. The molecule has 1 fully saturated rings. The minimum atomic E-state index is -1.28. The number of benzene rings is 2. The molecule has 3 N–H and O–H groups in total. The molecule has 0 bridgehead atoms. The highest BCUT2D eigenvalue weighted by molar-refractivity contribution is 6.04. The van der Waals surface area contributed by atoms with Gasteiger partial charge in [0.25, 0.3) is 11.5 Å². The second-order valence-electron chi connectivity index (χ2n) is 7.68. The van der Waals surface area contributed by atoms with E-state index in [9.17, 15) is 24.3 Å². The molecule has 4 rings (SSSR count). The molecule has 1 aromatic heterocycles. The third-order valence-corrected chi connectivity index (χ3v) is 5.62.